The van der Waals surface area contributed by atoms with Crippen molar-refractivity contribution >= 4 is 17.6 Å². The fourth-order valence-corrected chi connectivity index (χ4v) is 6.00. The average molecular weight is 661 g/mol. The van der Waals surface area contributed by atoms with Crippen LogP contribution in [-0.4, -0.2) is 27.4 Å². The number of nitrogens with two attached hydrogens (primary N) is 1. The van der Waals surface area contributed by atoms with E-state index in [4.69, 9.17) is 15.2 Å². The van der Waals surface area contributed by atoms with Crippen molar-refractivity contribution < 1.29 is 22.1 Å². The van der Waals surface area contributed by atoms with Crippen LogP contribution in [0.1, 0.15) is 40.4 Å². The molecule has 0 fully saturated rings. The SMILES string of the molecule is NC(=C(C=NC(c1ccccc1)(c1ccccc1)c1ccccc1)C1=CN2C(c3noc(C(F)F)n3)=CNC2C=C1)c1ccc(F)cc1F. The normalized spacial score (nSPS) is 16.3. The molecule has 0 aliphatic carbocycles. The summed E-state index contributed by atoms with van der Waals surface area (Å²) in [5.74, 6) is -2.46. The van der Waals surface area contributed by atoms with Gasteiger partial charge in [0.15, 0.2) is 0 Å². The van der Waals surface area contributed by atoms with Gasteiger partial charge in [0.2, 0.25) is 5.82 Å². The van der Waals surface area contributed by atoms with Crippen molar-refractivity contribution in [3.8, 4) is 0 Å². The molecular weight excluding hydrogens is 632 g/mol. The van der Waals surface area contributed by atoms with Crippen LogP contribution in [0.15, 0.2) is 154 Å². The fraction of sp³-hybridized carbons (Fsp3) is 0.0789. The van der Waals surface area contributed by atoms with Crippen LogP contribution in [-0.2, 0) is 5.54 Å². The van der Waals surface area contributed by atoms with Crippen molar-refractivity contribution in [1.29, 1.82) is 0 Å². The molecule has 3 heterocycles. The lowest BCUT2D eigenvalue weighted by Gasteiger charge is -2.32. The molecule has 0 spiro atoms. The lowest BCUT2D eigenvalue weighted by atomic mass is 9.77. The number of hydrogen-bond acceptors (Lipinski definition) is 7. The molecule has 2 aliphatic rings. The molecular formula is C38H28F4N6O. The fourth-order valence-electron chi connectivity index (χ4n) is 6.00. The number of rotatable bonds is 9. The molecule has 1 atom stereocenters. The first-order valence-electron chi connectivity index (χ1n) is 15.3. The third-order valence-corrected chi connectivity index (χ3v) is 8.35. The van der Waals surface area contributed by atoms with Crippen LogP contribution in [0, 0.1) is 11.6 Å². The first-order valence-corrected chi connectivity index (χ1v) is 15.3. The number of aromatic nitrogens is 2. The average Bonchev–Trinajstić information content (AvgIpc) is 3.79. The molecule has 0 saturated heterocycles. The molecule has 11 heteroatoms. The molecule has 1 unspecified atom stereocenters. The Kier molecular flexibility index (Phi) is 8.39. The minimum Gasteiger partial charge on any atom is -0.398 e. The zero-order valence-corrected chi connectivity index (χ0v) is 25.7. The Labute approximate surface area is 279 Å². The van der Waals surface area contributed by atoms with Gasteiger partial charge < -0.3 is 20.5 Å². The molecule has 0 bridgehead atoms. The zero-order valence-electron chi connectivity index (χ0n) is 25.7. The highest BCUT2D eigenvalue weighted by Gasteiger charge is 2.36. The van der Waals surface area contributed by atoms with E-state index in [1.54, 1.807) is 29.6 Å². The molecule has 3 N–H and O–H groups in total. The van der Waals surface area contributed by atoms with Crippen molar-refractivity contribution in [2.24, 2.45) is 10.7 Å². The molecule has 0 saturated carbocycles. The first-order chi connectivity index (χ1) is 23.8. The third kappa shape index (κ3) is 5.91. The molecule has 4 aromatic carbocycles. The molecule has 1 aromatic heterocycles. The maximum absolute atomic E-state index is 15.3. The summed E-state index contributed by atoms with van der Waals surface area (Å²) in [5.41, 5.74) is 9.43. The Hall–Kier alpha value is -6.23. The molecule has 0 amide bonds. The molecule has 49 heavy (non-hydrogen) atoms. The Morgan fingerprint density at radius 2 is 1.51 bits per heavy atom. The van der Waals surface area contributed by atoms with Crippen molar-refractivity contribution in [3.63, 3.8) is 0 Å². The second kappa shape index (κ2) is 13.1. The summed E-state index contributed by atoms with van der Waals surface area (Å²) in [6, 6.07) is 32.5. The summed E-state index contributed by atoms with van der Waals surface area (Å²) in [6.45, 7) is 0. The number of nitrogens with one attached hydrogen (secondary N) is 1. The van der Waals surface area contributed by atoms with E-state index in [0.717, 1.165) is 28.8 Å². The minimum atomic E-state index is -2.94. The van der Waals surface area contributed by atoms with Gasteiger partial charge in [-0.05, 0) is 34.9 Å². The van der Waals surface area contributed by atoms with Crippen LogP contribution in [0.25, 0.3) is 11.4 Å². The first kappa shape index (κ1) is 31.4. The van der Waals surface area contributed by atoms with Crippen LogP contribution in [0.3, 0.4) is 0 Å². The number of fused-ring (bicyclic) bond motifs is 1. The summed E-state index contributed by atoms with van der Waals surface area (Å²) in [5, 5.41) is 6.88. The van der Waals surface area contributed by atoms with Crippen molar-refractivity contribution in [3.05, 3.63) is 190 Å². The van der Waals surface area contributed by atoms with Gasteiger partial charge in [0.25, 0.3) is 5.89 Å². The largest absolute Gasteiger partial charge is 0.398 e. The van der Waals surface area contributed by atoms with Gasteiger partial charge in [-0.15, -0.1) is 0 Å². The van der Waals surface area contributed by atoms with Crippen LogP contribution in [0.2, 0.25) is 0 Å². The number of nitrogens with zero attached hydrogens (tertiary/aromatic N) is 4. The molecule has 0 radical (unpaired) electrons. The topological polar surface area (TPSA) is 92.6 Å². The quantitative estimate of drug-likeness (QED) is 0.0957. The van der Waals surface area contributed by atoms with Gasteiger partial charge in [0.05, 0.1) is 5.70 Å². The number of allylic oxidation sites excluding steroid dienone is 3. The lowest BCUT2D eigenvalue weighted by Crippen LogP contribution is -2.33. The number of halogens is 4. The Morgan fingerprint density at radius 1 is 0.898 bits per heavy atom. The summed E-state index contributed by atoms with van der Waals surface area (Å²) in [6.07, 6.45) is 5.14. The van der Waals surface area contributed by atoms with E-state index in [1.807, 2.05) is 97.1 Å². The number of benzene rings is 4. The highest BCUT2D eigenvalue weighted by Crippen LogP contribution is 2.41. The van der Waals surface area contributed by atoms with E-state index in [1.165, 1.54) is 6.07 Å². The predicted octanol–water partition coefficient (Wildman–Crippen LogP) is 7.70. The minimum absolute atomic E-state index is 0.00378. The van der Waals surface area contributed by atoms with Gasteiger partial charge in [-0.3, -0.25) is 4.99 Å². The molecule has 5 aromatic rings. The molecule has 7 rings (SSSR count). The van der Waals surface area contributed by atoms with Crippen LogP contribution in [0.5, 0.6) is 0 Å². The van der Waals surface area contributed by atoms with Crippen LogP contribution < -0.4 is 11.1 Å². The van der Waals surface area contributed by atoms with E-state index in [-0.39, 0.29) is 17.1 Å². The predicted molar refractivity (Wildman–Crippen MR) is 178 cm³/mol. The Morgan fingerprint density at radius 3 is 2.06 bits per heavy atom. The molecule has 2 aliphatic heterocycles. The van der Waals surface area contributed by atoms with Gasteiger partial charge in [-0.25, -0.2) is 8.78 Å². The van der Waals surface area contributed by atoms with Gasteiger partial charge in [-0.1, -0.05) is 102 Å². The highest BCUT2D eigenvalue weighted by molar-refractivity contribution is 5.97. The van der Waals surface area contributed by atoms with Crippen molar-refractivity contribution in [2.45, 2.75) is 18.1 Å². The zero-order chi connectivity index (χ0) is 34.0. The van der Waals surface area contributed by atoms with Crippen molar-refractivity contribution in [1.82, 2.24) is 20.4 Å². The summed E-state index contributed by atoms with van der Waals surface area (Å²) >= 11 is 0. The summed E-state index contributed by atoms with van der Waals surface area (Å²) in [7, 11) is 0. The second-order valence-electron chi connectivity index (χ2n) is 11.3. The number of alkyl halides is 2. The smallest absolute Gasteiger partial charge is 0.315 e. The van der Waals surface area contributed by atoms with Crippen LogP contribution >= 0.6 is 0 Å². The monoisotopic (exact) mass is 660 g/mol. The molecule has 244 valence electrons. The lowest BCUT2D eigenvalue weighted by molar-refractivity contribution is 0.106. The number of aliphatic imine (C=N–C) groups is 1. The van der Waals surface area contributed by atoms with E-state index in [0.29, 0.717) is 16.8 Å². The molecule has 7 nitrogen and oxygen atoms in total. The Bertz CT molecular complexity index is 2030. The number of hydrogen-bond donors (Lipinski definition) is 2. The summed E-state index contributed by atoms with van der Waals surface area (Å²) < 4.78 is 60.6. The van der Waals surface area contributed by atoms with Crippen LogP contribution in [0.4, 0.5) is 17.6 Å². The van der Waals surface area contributed by atoms with Gasteiger partial charge in [-0.2, -0.15) is 13.8 Å². The second-order valence-corrected chi connectivity index (χ2v) is 11.3. The maximum Gasteiger partial charge on any atom is 0.315 e. The van der Waals surface area contributed by atoms with Gasteiger partial charge in [0.1, 0.15) is 29.0 Å². The van der Waals surface area contributed by atoms with E-state index in [2.05, 4.69) is 15.5 Å². The van der Waals surface area contributed by atoms with E-state index >= 15 is 4.39 Å². The summed E-state index contributed by atoms with van der Waals surface area (Å²) in [4.78, 5) is 10.9. The standard InChI is InChI=1S/C38H28F4N6O/c39-28-17-18-29(31(40)20-28)34(43)30(24-16-19-33-44-22-32(48(33)23-24)36-46-37(35(41)42)49-47-36)21-45-38(25-10-4-1-5-11-25,26-12-6-2-7-13-26)27-14-8-3-9-15-27/h1-23,33,35,44H,43H2. The Balaban J connectivity index is 1.43. The van der Waals surface area contributed by atoms with Gasteiger partial charge >= 0.3 is 6.43 Å². The van der Waals surface area contributed by atoms with E-state index in [9.17, 15) is 13.2 Å². The van der Waals surface area contributed by atoms with Crippen molar-refractivity contribution in [2.75, 3.05) is 0 Å². The van der Waals surface area contributed by atoms with E-state index < -0.39 is 35.7 Å². The maximum atomic E-state index is 15.3. The highest BCUT2D eigenvalue weighted by atomic mass is 19.3. The van der Waals surface area contributed by atoms with Gasteiger partial charge in [0, 0.05) is 41.4 Å². The third-order valence-electron chi connectivity index (χ3n) is 8.35.